The third-order valence-electron chi connectivity index (χ3n) is 13.2. The van der Waals surface area contributed by atoms with Gasteiger partial charge in [0, 0.05) is 33.1 Å². The van der Waals surface area contributed by atoms with Crippen LogP contribution in [0.3, 0.4) is 0 Å². The number of anilines is 3. The highest BCUT2D eigenvalue weighted by Gasteiger charge is 2.46. The molecule has 1 aliphatic rings. The van der Waals surface area contributed by atoms with E-state index in [9.17, 15) is 0 Å². The Morgan fingerprint density at radius 2 is 0.969 bits per heavy atom. The van der Waals surface area contributed by atoms with Crippen molar-refractivity contribution < 1.29 is 8.83 Å². The van der Waals surface area contributed by atoms with E-state index in [4.69, 9.17) is 13.8 Å². The summed E-state index contributed by atoms with van der Waals surface area (Å²) >= 11 is 0. The van der Waals surface area contributed by atoms with Crippen LogP contribution in [0.25, 0.3) is 77.5 Å². The first-order chi connectivity index (χ1) is 31.7. The monoisotopic (exact) mass is 818 g/mol. The van der Waals surface area contributed by atoms with Gasteiger partial charge in [0.05, 0.1) is 11.1 Å². The Hall–Kier alpha value is -8.47. The predicted octanol–water partition coefficient (Wildman–Crippen LogP) is 16.0. The van der Waals surface area contributed by atoms with Crippen molar-refractivity contribution in [1.29, 1.82) is 0 Å². The molecule has 64 heavy (non-hydrogen) atoms. The van der Waals surface area contributed by atoms with Crippen LogP contribution in [0.2, 0.25) is 0 Å². The summed E-state index contributed by atoms with van der Waals surface area (Å²) in [5, 5.41) is 4.04. The topological polar surface area (TPSA) is 42.4 Å². The van der Waals surface area contributed by atoms with Crippen LogP contribution < -0.4 is 4.90 Å². The van der Waals surface area contributed by atoms with Gasteiger partial charge in [-0.1, -0.05) is 182 Å². The molecule has 2 heterocycles. The molecule has 0 aliphatic heterocycles. The second-order valence-electron chi connectivity index (χ2n) is 16.6. The van der Waals surface area contributed by atoms with Crippen molar-refractivity contribution in [2.24, 2.45) is 0 Å². The smallest absolute Gasteiger partial charge is 0.227 e. The SMILES string of the molecule is c1ccc(-c2ccc(N(c3cccc(C4(c5ccccc5)c5ccccc5-c5ccccc54)c3)c3cccc4c3oc3c5ccccc5c(-c5nc6ccccc6o5)cc43)cc2)cc1. The predicted molar refractivity (Wildman–Crippen MR) is 262 cm³/mol. The highest BCUT2D eigenvalue weighted by molar-refractivity contribution is 6.20. The Bertz CT molecular complexity index is 3660. The lowest BCUT2D eigenvalue weighted by Crippen LogP contribution is -2.28. The average molecular weight is 819 g/mol. The molecule has 0 atom stereocenters. The molecule has 0 amide bonds. The molecular formula is C60H38N2O2. The van der Waals surface area contributed by atoms with E-state index < -0.39 is 5.41 Å². The van der Waals surface area contributed by atoms with Crippen LogP contribution in [0.5, 0.6) is 0 Å². The maximum absolute atomic E-state index is 7.18. The minimum absolute atomic E-state index is 0.557. The minimum Gasteiger partial charge on any atom is -0.453 e. The first-order valence-electron chi connectivity index (χ1n) is 21.8. The lowest BCUT2D eigenvalue weighted by molar-refractivity contribution is 0.620. The van der Waals surface area contributed by atoms with Gasteiger partial charge in [-0.15, -0.1) is 0 Å². The number of hydrogen-bond donors (Lipinski definition) is 0. The number of benzene rings is 10. The Morgan fingerprint density at radius 1 is 0.375 bits per heavy atom. The molecule has 0 bridgehead atoms. The van der Waals surface area contributed by atoms with Crippen molar-refractivity contribution >= 4 is 60.9 Å². The first kappa shape index (κ1) is 36.2. The summed E-state index contributed by atoms with van der Waals surface area (Å²) in [5.74, 6) is 0.587. The molecule has 10 aromatic carbocycles. The van der Waals surface area contributed by atoms with Crippen LogP contribution in [0.1, 0.15) is 22.3 Å². The van der Waals surface area contributed by atoms with Crippen LogP contribution in [0.15, 0.2) is 239 Å². The first-order valence-corrected chi connectivity index (χ1v) is 21.8. The zero-order valence-corrected chi connectivity index (χ0v) is 34.7. The van der Waals surface area contributed by atoms with Gasteiger partial charge in [-0.25, -0.2) is 4.98 Å². The van der Waals surface area contributed by atoms with E-state index in [1.807, 2.05) is 24.3 Å². The lowest BCUT2D eigenvalue weighted by Gasteiger charge is -2.35. The zero-order chi connectivity index (χ0) is 42.2. The van der Waals surface area contributed by atoms with Crippen molar-refractivity contribution in [2.45, 2.75) is 5.41 Å². The maximum atomic E-state index is 7.18. The fourth-order valence-corrected chi connectivity index (χ4v) is 10.4. The molecule has 0 spiro atoms. The van der Waals surface area contributed by atoms with E-state index in [0.29, 0.717) is 5.89 Å². The van der Waals surface area contributed by atoms with E-state index in [1.165, 1.54) is 38.9 Å². The highest BCUT2D eigenvalue weighted by atomic mass is 16.3. The molecule has 0 radical (unpaired) electrons. The number of furan rings is 1. The molecular weight excluding hydrogens is 781 g/mol. The third-order valence-corrected chi connectivity index (χ3v) is 13.2. The normalized spacial score (nSPS) is 12.8. The fraction of sp³-hybridized carbons (Fsp3) is 0.0167. The summed E-state index contributed by atoms with van der Waals surface area (Å²) in [6.07, 6.45) is 0. The highest BCUT2D eigenvalue weighted by Crippen LogP contribution is 2.57. The van der Waals surface area contributed by atoms with Gasteiger partial charge in [0.1, 0.15) is 11.1 Å². The summed E-state index contributed by atoms with van der Waals surface area (Å²) in [5.41, 5.74) is 16.4. The van der Waals surface area contributed by atoms with Crippen LogP contribution in [-0.2, 0) is 5.41 Å². The van der Waals surface area contributed by atoms with Crippen molar-refractivity contribution in [3.63, 3.8) is 0 Å². The standard InChI is InChI=1S/C60H38N2O2/c1-3-17-39(18-4-1)40-33-35-43(36-34-40)62(44-22-15-21-42(37-44)60(41-19-5-2-6-20-41)52-28-11-9-24-46(52)47-25-10-12-29-53(47)60)55-31-16-27-49-50-38-51(59-61-54-30-13-14-32-56(54)63-59)45-23-7-8-26-48(45)57(50)64-58(49)55/h1-38H. The summed E-state index contributed by atoms with van der Waals surface area (Å²) in [7, 11) is 0. The number of aromatic nitrogens is 1. The van der Waals surface area contributed by atoms with Gasteiger partial charge in [-0.3, -0.25) is 0 Å². The van der Waals surface area contributed by atoms with Gasteiger partial charge < -0.3 is 13.7 Å². The summed E-state index contributed by atoms with van der Waals surface area (Å²) in [6.45, 7) is 0. The minimum atomic E-state index is -0.557. The van der Waals surface area contributed by atoms with E-state index in [-0.39, 0.29) is 0 Å². The van der Waals surface area contributed by atoms with E-state index in [1.54, 1.807) is 0 Å². The Kier molecular flexibility index (Phi) is 8.09. The number of nitrogens with zero attached hydrogens (tertiary/aromatic N) is 2. The van der Waals surface area contributed by atoms with Crippen molar-refractivity contribution in [3.05, 3.63) is 253 Å². The maximum Gasteiger partial charge on any atom is 0.227 e. The van der Waals surface area contributed by atoms with E-state index in [2.05, 4.69) is 211 Å². The summed E-state index contributed by atoms with van der Waals surface area (Å²) < 4.78 is 13.6. The molecule has 4 nitrogen and oxygen atoms in total. The van der Waals surface area contributed by atoms with Crippen molar-refractivity contribution in [3.8, 4) is 33.7 Å². The van der Waals surface area contributed by atoms with Gasteiger partial charge in [0.25, 0.3) is 0 Å². The largest absolute Gasteiger partial charge is 0.453 e. The molecule has 0 saturated carbocycles. The van der Waals surface area contributed by atoms with Gasteiger partial charge in [0.2, 0.25) is 5.89 Å². The molecule has 300 valence electrons. The summed E-state index contributed by atoms with van der Waals surface area (Å²) in [6, 6.07) is 82.4. The van der Waals surface area contributed by atoms with Gasteiger partial charge in [-0.05, 0) is 98.4 Å². The van der Waals surface area contributed by atoms with Gasteiger partial charge >= 0.3 is 0 Å². The Labute approximate surface area is 369 Å². The molecule has 0 saturated heterocycles. The number of fused-ring (bicyclic) bond motifs is 9. The Balaban J connectivity index is 1.06. The molecule has 0 N–H and O–H groups in total. The van der Waals surface area contributed by atoms with Crippen LogP contribution in [0.4, 0.5) is 17.1 Å². The van der Waals surface area contributed by atoms with Crippen LogP contribution in [0, 0.1) is 0 Å². The van der Waals surface area contributed by atoms with Gasteiger partial charge in [0.15, 0.2) is 11.2 Å². The third kappa shape index (κ3) is 5.39. The average Bonchev–Trinajstić information content (AvgIpc) is 4.06. The second-order valence-corrected chi connectivity index (χ2v) is 16.6. The zero-order valence-electron chi connectivity index (χ0n) is 34.7. The quantitative estimate of drug-likeness (QED) is 0.161. The molecule has 13 rings (SSSR count). The lowest BCUT2D eigenvalue weighted by atomic mass is 9.67. The van der Waals surface area contributed by atoms with Crippen LogP contribution >= 0.6 is 0 Å². The molecule has 0 unspecified atom stereocenters. The molecule has 1 aliphatic carbocycles. The summed E-state index contributed by atoms with van der Waals surface area (Å²) in [4.78, 5) is 7.31. The molecule has 0 fully saturated rings. The van der Waals surface area contributed by atoms with Crippen molar-refractivity contribution in [1.82, 2.24) is 4.98 Å². The number of oxazole rings is 1. The van der Waals surface area contributed by atoms with Gasteiger partial charge in [-0.2, -0.15) is 0 Å². The number of rotatable bonds is 7. The number of para-hydroxylation sites is 3. The molecule has 12 aromatic rings. The van der Waals surface area contributed by atoms with Crippen LogP contribution in [-0.4, -0.2) is 4.98 Å². The molecule has 2 aromatic heterocycles. The van der Waals surface area contributed by atoms with E-state index in [0.717, 1.165) is 72.0 Å². The van der Waals surface area contributed by atoms with E-state index >= 15 is 0 Å². The second kappa shape index (κ2) is 14.3. The van der Waals surface area contributed by atoms with Crippen molar-refractivity contribution in [2.75, 3.05) is 4.90 Å². The Morgan fingerprint density at radius 3 is 1.73 bits per heavy atom. The number of hydrogen-bond acceptors (Lipinski definition) is 4. The molecule has 4 heteroatoms. The fourth-order valence-electron chi connectivity index (χ4n) is 10.4.